The number of likely N-dealkylation sites (tertiary alicyclic amines) is 1. The van der Waals surface area contributed by atoms with E-state index in [1.807, 2.05) is 32.0 Å². The van der Waals surface area contributed by atoms with Gasteiger partial charge in [-0.15, -0.1) is 0 Å². The molecule has 0 aromatic heterocycles. The number of aryl methyl sites for hydroxylation is 2. The molecular formula is C26H30N2O4. The minimum absolute atomic E-state index is 0.316. The SMILES string of the molecule is COc1ccc(OC)c(N2C(=O)C(c3ccc(C)c(C)c3)=C(N3CCCC(C)C3)C2=O)c1. The number of amides is 2. The highest BCUT2D eigenvalue weighted by atomic mass is 16.5. The Morgan fingerprint density at radius 3 is 2.38 bits per heavy atom. The second-order valence-corrected chi connectivity index (χ2v) is 8.70. The third kappa shape index (κ3) is 3.74. The first-order valence-electron chi connectivity index (χ1n) is 11.0. The van der Waals surface area contributed by atoms with Gasteiger partial charge in [-0.2, -0.15) is 0 Å². The van der Waals surface area contributed by atoms with Crippen LogP contribution in [0.25, 0.3) is 5.57 Å². The molecule has 168 valence electrons. The topological polar surface area (TPSA) is 59.1 Å². The van der Waals surface area contributed by atoms with Gasteiger partial charge in [-0.25, -0.2) is 4.90 Å². The second kappa shape index (κ2) is 8.69. The van der Waals surface area contributed by atoms with Crippen molar-refractivity contribution in [3.8, 4) is 11.5 Å². The summed E-state index contributed by atoms with van der Waals surface area (Å²) < 4.78 is 10.8. The molecular weight excluding hydrogens is 404 g/mol. The van der Waals surface area contributed by atoms with E-state index in [1.54, 1.807) is 25.3 Å². The monoisotopic (exact) mass is 434 g/mol. The number of anilines is 1. The molecule has 1 unspecified atom stereocenters. The Hall–Kier alpha value is -3.28. The van der Waals surface area contributed by atoms with Crippen LogP contribution >= 0.6 is 0 Å². The molecule has 2 heterocycles. The van der Waals surface area contributed by atoms with Crippen molar-refractivity contribution in [1.29, 1.82) is 0 Å². The van der Waals surface area contributed by atoms with Crippen LogP contribution in [0.1, 0.15) is 36.5 Å². The molecule has 0 saturated carbocycles. The fourth-order valence-corrected chi connectivity index (χ4v) is 4.55. The second-order valence-electron chi connectivity index (χ2n) is 8.70. The summed E-state index contributed by atoms with van der Waals surface area (Å²) in [5, 5.41) is 0. The Bertz CT molecular complexity index is 1110. The summed E-state index contributed by atoms with van der Waals surface area (Å²) >= 11 is 0. The van der Waals surface area contributed by atoms with Gasteiger partial charge in [0.15, 0.2) is 0 Å². The number of piperidine rings is 1. The first kappa shape index (κ1) is 21.9. The highest BCUT2D eigenvalue weighted by molar-refractivity contribution is 6.45. The van der Waals surface area contributed by atoms with Gasteiger partial charge in [-0.3, -0.25) is 9.59 Å². The predicted octanol–water partition coefficient (Wildman–Crippen LogP) is 4.34. The lowest BCUT2D eigenvalue weighted by atomic mass is 9.96. The highest BCUT2D eigenvalue weighted by Gasteiger charge is 2.44. The van der Waals surface area contributed by atoms with E-state index < -0.39 is 0 Å². The van der Waals surface area contributed by atoms with Crippen LogP contribution in [0.2, 0.25) is 0 Å². The fourth-order valence-electron chi connectivity index (χ4n) is 4.55. The van der Waals surface area contributed by atoms with Crippen molar-refractivity contribution in [2.24, 2.45) is 5.92 Å². The number of ether oxygens (including phenoxy) is 2. The van der Waals surface area contributed by atoms with Gasteiger partial charge in [0.2, 0.25) is 0 Å². The average Bonchev–Trinajstić information content (AvgIpc) is 3.05. The number of methoxy groups -OCH3 is 2. The number of benzene rings is 2. The van der Waals surface area contributed by atoms with Gasteiger partial charge < -0.3 is 14.4 Å². The van der Waals surface area contributed by atoms with E-state index in [2.05, 4.69) is 11.8 Å². The van der Waals surface area contributed by atoms with Crippen LogP contribution < -0.4 is 14.4 Å². The molecule has 0 bridgehead atoms. The van der Waals surface area contributed by atoms with Gasteiger partial charge in [0.1, 0.15) is 17.2 Å². The predicted molar refractivity (Wildman–Crippen MR) is 125 cm³/mol. The molecule has 1 saturated heterocycles. The van der Waals surface area contributed by atoms with E-state index in [1.165, 1.54) is 12.0 Å². The zero-order chi connectivity index (χ0) is 23.0. The van der Waals surface area contributed by atoms with Crippen LogP contribution in [-0.4, -0.2) is 44.0 Å². The standard InChI is InChI=1S/C26H30N2O4/c1-16-7-6-12-27(15-16)24-23(19-9-8-17(2)18(3)13-19)25(29)28(26(24)30)21-14-20(31-4)10-11-22(21)32-5/h8-11,13-14,16H,6-7,12,15H2,1-5H3. The van der Waals surface area contributed by atoms with Crippen LogP contribution in [0.3, 0.4) is 0 Å². The average molecular weight is 435 g/mol. The summed E-state index contributed by atoms with van der Waals surface area (Å²) in [6, 6.07) is 11.1. The molecule has 2 aromatic carbocycles. The molecule has 2 aliphatic heterocycles. The Morgan fingerprint density at radius 2 is 1.72 bits per heavy atom. The van der Waals surface area contributed by atoms with Gasteiger partial charge in [0.25, 0.3) is 11.8 Å². The third-order valence-electron chi connectivity index (χ3n) is 6.46. The zero-order valence-electron chi connectivity index (χ0n) is 19.4. The Morgan fingerprint density at radius 1 is 0.938 bits per heavy atom. The summed E-state index contributed by atoms with van der Waals surface area (Å²) in [7, 11) is 3.08. The normalized spacial score (nSPS) is 19.1. The van der Waals surface area contributed by atoms with Crippen molar-refractivity contribution in [3.63, 3.8) is 0 Å². The van der Waals surface area contributed by atoms with Crippen molar-refractivity contribution in [1.82, 2.24) is 4.90 Å². The zero-order valence-corrected chi connectivity index (χ0v) is 19.4. The van der Waals surface area contributed by atoms with Crippen LogP contribution in [0.15, 0.2) is 42.1 Å². The molecule has 0 aliphatic carbocycles. The molecule has 2 amide bonds. The molecule has 0 spiro atoms. The Labute approximate surface area is 189 Å². The third-order valence-corrected chi connectivity index (χ3v) is 6.46. The smallest absolute Gasteiger partial charge is 0.282 e. The number of imide groups is 1. The molecule has 1 atom stereocenters. The number of nitrogens with zero attached hydrogens (tertiary/aromatic N) is 2. The van der Waals surface area contributed by atoms with Crippen molar-refractivity contribution >= 4 is 23.1 Å². The lowest BCUT2D eigenvalue weighted by Gasteiger charge is -2.33. The number of hydrogen-bond acceptors (Lipinski definition) is 5. The van der Waals surface area contributed by atoms with E-state index in [0.29, 0.717) is 34.4 Å². The molecule has 0 N–H and O–H groups in total. The number of rotatable bonds is 5. The first-order chi connectivity index (χ1) is 15.3. The molecule has 1 fully saturated rings. The largest absolute Gasteiger partial charge is 0.497 e. The molecule has 4 rings (SSSR count). The molecule has 2 aliphatic rings. The van der Waals surface area contributed by atoms with Gasteiger partial charge >= 0.3 is 0 Å². The van der Waals surface area contributed by atoms with Crippen molar-refractivity contribution in [3.05, 3.63) is 58.8 Å². The Balaban J connectivity index is 1.88. The number of carbonyl (C=O) groups excluding carboxylic acids is 2. The van der Waals surface area contributed by atoms with Gasteiger partial charge in [0, 0.05) is 19.2 Å². The van der Waals surface area contributed by atoms with E-state index in [9.17, 15) is 9.59 Å². The number of hydrogen-bond donors (Lipinski definition) is 0. The van der Waals surface area contributed by atoms with E-state index in [-0.39, 0.29) is 11.8 Å². The minimum atomic E-state index is -0.335. The fraction of sp³-hybridized carbons (Fsp3) is 0.385. The van der Waals surface area contributed by atoms with E-state index in [4.69, 9.17) is 9.47 Å². The number of carbonyl (C=O) groups is 2. The summed E-state index contributed by atoms with van der Waals surface area (Å²) in [6.07, 6.45) is 2.12. The summed E-state index contributed by atoms with van der Waals surface area (Å²) in [5.74, 6) is 0.803. The molecule has 32 heavy (non-hydrogen) atoms. The minimum Gasteiger partial charge on any atom is -0.497 e. The van der Waals surface area contributed by atoms with Crippen LogP contribution in [0, 0.1) is 19.8 Å². The lowest BCUT2D eigenvalue weighted by Crippen LogP contribution is -2.39. The molecule has 2 aromatic rings. The van der Waals surface area contributed by atoms with E-state index >= 15 is 0 Å². The van der Waals surface area contributed by atoms with Crippen LogP contribution in [-0.2, 0) is 9.59 Å². The summed E-state index contributed by atoms with van der Waals surface area (Å²) in [4.78, 5) is 31.0. The van der Waals surface area contributed by atoms with Gasteiger partial charge in [-0.1, -0.05) is 25.1 Å². The molecule has 0 radical (unpaired) electrons. The van der Waals surface area contributed by atoms with Crippen LogP contribution in [0.5, 0.6) is 11.5 Å². The molecule has 6 nitrogen and oxygen atoms in total. The van der Waals surface area contributed by atoms with Crippen molar-refractivity contribution < 1.29 is 19.1 Å². The lowest BCUT2D eigenvalue weighted by molar-refractivity contribution is -0.120. The summed E-state index contributed by atoms with van der Waals surface area (Å²) in [6.45, 7) is 7.76. The summed E-state index contributed by atoms with van der Waals surface area (Å²) in [5.41, 5.74) is 4.32. The molecule has 6 heteroatoms. The van der Waals surface area contributed by atoms with Crippen LogP contribution in [0.4, 0.5) is 5.69 Å². The first-order valence-corrected chi connectivity index (χ1v) is 11.0. The van der Waals surface area contributed by atoms with Crippen molar-refractivity contribution in [2.45, 2.75) is 33.6 Å². The highest BCUT2D eigenvalue weighted by Crippen LogP contribution is 2.41. The quantitative estimate of drug-likeness (QED) is 0.656. The van der Waals surface area contributed by atoms with Gasteiger partial charge in [0.05, 0.1) is 25.5 Å². The van der Waals surface area contributed by atoms with E-state index in [0.717, 1.165) is 42.6 Å². The maximum atomic E-state index is 13.8. The Kier molecular flexibility index (Phi) is 5.96. The maximum absolute atomic E-state index is 13.8. The maximum Gasteiger partial charge on any atom is 0.282 e. The van der Waals surface area contributed by atoms with Gasteiger partial charge in [-0.05, 0) is 61.4 Å². The van der Waals surface area contributed by atoms with Crippen molar-refractivity contribution in [2.75, 3.05) is 32.2 Å².